The number of aryl methyl sites for hydroxylation is 3. The molecule has 5 rings (SSSR count). The van der Waals surface area contributed by atoms with Crippen molar-refractivity contribution in [3.63, 3.8) is 0 Å². The van der Waals surface area contributed by atoms with Gasteiger partial charge in [-0.2, -0.15) is 4.98 Å². The van der Waals surface area contributed by atoms with E-state index in [1.54, 1.807) is 0 Å². The Bertz CT molecular complexity index is 1440. The molecular weight excluding hydrogens is 464 g/mol. The number of benzene rings is 3. The molecule has 182 valence electrons. The van der Waals surface area contributed by atoms with Gasteiger partial charge in [0, 0.05) is 16.9 Å². The largest absolute Gasteiger partial charge is 0.351 e. The van der Waals surface area contributed by atoms with Gasteiger partial charge in [0.05, 0.1) is 11.6 Å². The fourth-order valence-corrected chi connectivity index (χ4v) is 5.04. The van der Waals surface area contributed by atoms with Crippen molar-refractivity contribution in [2.24, 2.45) is 0 Å². The maximum atomic E-state index is 5.90. The monoisotopic (exact) mass is 494 g/mol. The molecular formula is C30H30N4OS. The van der Waals surface area contributed by atoms with Gasteiger partial charge in [0.15, 0.2) is 5.11 Å². The summed E-state index contributed by atoms with van der Waals surface area (Å²) in [5.74, 6) is 1.06. The molecule has 0 amide bonds. The molecule has 3 aromatic carbocycles. The first-order valence-electron chi connectivity index (χ1n) is 12.4. The van der Waals surface area contributed by atoms with E-state index in [0.29, 0.717) is 16.8 Å². The summed E-state index contributed by atoms with van der Waals surface area (Å²) in [5.41, 5.74) is 8.62. The van der Waals surface area contributed by atoms with Gasteiger partial charge in [0.2, 0.25) is 5.82 Å². The van der Waals surface area contributed by atoms with Gasteiger partial charge in [-0.1, -0.05) is 79.2 Å². The number of anilines is 1. The van der Waals surface area contributed by atoms with Gasteiger partial charge >= 0.3 is 0 Å². The zero-order valence-corrected chi connectivity index (χ0v) is 21.9. The molecule has 0 spiro atoms. The van der Waals surface area contributed by atoms with Gasteiger partial charge in [-0.25, -0.2) is 0 Å². The number of nitrogens with zero attached hydrogens (tertiary/aromatic N) is 3. The Hall–Kier alpha value is -3.77. The Labute approximate surface area is 217 Å². The Morgan fingerprint density at radius 1 is 0.917 bits per heavy atom. The predicted molar refractivity (Wildman–Crippen MR) is 150 cm³/mol. The molecule has 0 bridgehead atoms. The normalized spacial score (nSPS) is 15.8. The number of thiocarbonyl (C=S) groups is 1. The van der Waals surface area contributed by atoms with Crippen molar-refractivity contribution in [3.8, 4) is 11.4 Å². The predicted octanol–water partition coefficient (Wildman–Crippen LogP) is 7.04. The lowest BCUT2D eigenvalue weighted by Crippen LogP contribution is -2.46. The number of aromatic nitrogens is 2. The van der Waals surface area contributed by atoms with Crippen LogP contribution in [-0.2, 0) is 12.8 Å². The Balaban J connectivity index is 1.65. The molecule has 2 heterocycles. The molecule has 0 radical (unpaired) electrons. The highest BCUT2D eigenvalue weighted by molar-refractivity contribution is 7.80. The van der Waals surface area contributed by atoms with Gasteiger partial charge in [0.25, 0.3) is 5.89 Å². The van der Waals surface area contributed by atoms with Crippen molar-refractivity contribution in [3.05, 3.63) is 107 Å². The first-order chi connectivity index (χ1) is 17.5. The lowest BCUT2D eigenvalue weighted by Gasteiger charge is -2.37. The van der Waals surface area contributed by atoms with Crippen molar-refractivity contribution < 1.29 is 4.52 Å². The topological polar surface area (TPSA) is 54.2 Å². The fraction of sp³-hybridized carbons (Fsp3) is 0.233. The first kappa shape index (κ1) is 23.9. The van der Waals surface area contributed by atoms with Gasteiger partial charge in [0.1, 0.15) is 0 Å². The average molecular weight is 495 g/mol. The molecule has 1 aromatic heterocycles. The molecule has 0 aliphatic carbocycles. The minimum atomic E-state index is -0.208. The molecule has 1 aliphatic rings. The molecule has 0 saturated carbocycles. The van der Waals surface area contributed by atoms with Crippen LogP contribution in [0.3, 0.4) is 0 Å². The summed E-state index contributed by atoms with van der Waals surface area (Å²) in [7, 11) is 0. The van der Waals surface area contributed by atoms with E-state index in [-0.39, 0.29) is 6.04 Å². The van der Waals surface area contributed by atoms with Crippen LogP contribution in [0, 0.1) is 6.92 Å². The van der Waals surface area contributed by atoms with Crippen LogP contribution in [0.4, 0.5) is 5.69 Å². The van der Waals surface area contributed by atoms with Crippen molar-refractivity contribution in [1.29, 1.82) is 0 Å². The third-order valence-corrected chi connectivity index (χ3v) is 7.02. The molecule has 5 nitrogen and oxygen atoms in total. The summed E-state index contributed by atoms with van der Waals surface area (Å²) in [6.07, 6.45) is 1.94. The van der Waals surface area contributed by atoms with E-state index < -0.39 is 0 Å². The number of hydrogen-bond donors (Lipinski definition) is 1. The molecule has 1 unspecified atom stereocenters. The van der Waals surface area contributed by atoms with E-state index in [2.05, 4.69) is 104 Å². The lowest BCUT2D eigenvalue weighted by atomic mass is 9.93. The smallest absolute Gasteiger partial charge is 0.258 e. The van der Waals surface area contributed by atoms with E-state index in [4.69, 9.17) is 21.7 Å². The average Bonchev–Trinajstić information content (AvgIpc) is 3.38. The highest BCUT2D eigenvalue weighted by atomic mass is 32.1. The maximum Gasteiger partial charge on any atom is 0.258 e. The zero-order valence-electron chi connectivity index (χ0n) is 21.1. The van der Waals surface area contributed by atoms with E-state index in [1.807, 2.05) is 12.1 Å². The van der Waals surface area contributed by atoms with E-state index in [0.717, 1.165) is 46.5 Å². The van der Waals surface area contributed by atoms with Crippen LogP contribution in [0.15, 0.2) is 83.0 Å². The van der Waals surface area contributed by atoms with Crippen LogP contribution in [0.2, 0.25) is 0 Å². The summed E-state index contributed by atoms with van der Waals surface area (Å²) in [6.45, 7) is 8.44. The molecule has 1 N–H and O–H groups in total. The van der Waals surface area contributed by atoms with Crippen LogP contribution in [0.5, 0.6) is 0 Å². The third-order valence-electron chi connectivity index (χ3n) is 6.72. The molecule has 1 aliphatic heterocycles. The van der Waals surface area contributed by atoms with E-state index in [9.17, 15) is 0 Å². The molecule has 6 heteroatoms. The SMILES string of the molecule is CCc1ccc(C2NC(=S)N(c3cccc(CC)c3)C(C)=C2c2nc(-c3cccc(C)c3)no2)cc1. The van der Waals surface area contributed by atoms with Crippen LogP contribution in [0.1, 0.15) is 55.0 Å². The van der Waals surface area contributed by atoms with E-state index in [1.165, 1.54) is 11.1 Å². The molecule has 0 saturated heterocycles. The third kappa shape index (κ3) is 4.56. The van der Waals surface area contributed by atoms with Crippen LogP contribution in [0.25, 0.3) is 17.0 Å². The van der Waals surface area contributed by atoms with E-state index >= 15 is 0 Å². The van der Waals surface area contributed by atoms with Crippen molar-refractivity contribution in [1.82, 2.24) is 15.5 Å². The number of hydrogen-bond acceptors (Lipinski definition) is 4. The second kappa shape index (κ2) is 10.1. The summed E-state index contributed by atoms with van der Waals surface area (Å²) >= 11 is 5.90. The number of nitrogens with one attached hydrogen (secondary N) is 1. The van der Waals surface area contributed by atoms with Crippen LogP contribution >= 0.6 is 12.2 Å². The molecule has 0 fully saturated rings. The summed E-state index contributed by atoms with van der Waals surface area (Å²) in [4.78, 5) is 6.91. The highest BCUT2D eigenvalue weighted by Crippen LogP contribution is 2.39. The van der Waals surface area contributed by atoms with Gasteiger partial charge in [-0.15, -0.1) is 0 Å². The van der Waals surface area contributed by atoms with Crippen LogP contribution in [-0.4, -0.2) is 15.3 Å². The van der Waals surface area contributed by atoms with Gasteiger partial charge in [-0.3, -0.25) is 4.90 Å². The minimum absolute atomic E-state index is 0.208. The first-order valence-corrected chi connectivity index (χ1v) is 12.8. The fourth-order valence-electron chi connectivity index (χ4n) is 4.68. The lowest BCUT2D eigenvalue weighted by molar-refractivity contribution is 0.404. The van der Waals surface area contributed by atoms with Gasteiger partial charge in [-0.05, 0) is 73.8 Å². The van der Waals surface area contributed by atoms with Crippen molar-refractivity contribution in [2.75, 3.05) is 4.90 Å². The van der Waals surface area contributed by atoms with Crippen LogP contribution < -0.4 is 10.2 Å². The second-order valence-electron chi connectivity index (χ2n) is 9.13. The molecule has 4 aromatic rings. The standard InChI is InChI=1S/C30H30N4OS/c1-5-21-13-15-23(16-14-21)27-26(29-32-28(33-35-29)24-11-7-9-19(3)17-24)20(4)34(30(36)31-27)25-12-8-10-22(6-2)18-25/h7-18,27H,5-6H2,1-4H3,(H,31,36). The number of allylic oxidation sites excluding steroid dienone is 1. The molecule has 36 heavy (non-hydrogen) atoms. The van der Waals surface area contributed by atoms with Crippen molar-refractivity contribution in [2.45, 2.75) is 46.6 Å². The minimum Gasteiger partial charge on any atom is -0.351 e. The summed E-state index contributed by atoms with van der Waals surface area (Å²) in [5, 5.41) is 8.55. The number of rotatable bonds is 6. The Morgan fingerprint density at radius 2 is 1.67 bits per heavy atom. The summed E-state index contributed by atoms with van der Waals surface area (Å²) in [6, 6.07) is 25.0. The quantitative estimate of drug-likeness (QED) is 0.290. The zero-order chi connectivity index (χ0) is 25.2. The summed E-state index contributed by atoms with van der Waals surface area (Å²) < 4.78 is 5.90. The Kier molecular flexibility index (Phi) is 6.70. The highest BCUT2D eigenvalue weighted by Gasteiger charge is 2.34. The van der Waals surface area contributed by atoms with Crippen molar-refractivity contribution >= 4 is 28.6 Å². The maximum absolute atomic E-state index is 5.90. The second-order valence-corrected chi connectivity index (χ2v) is 9.51. The molecule has 1 atom stereocenters. The Morgan fingerprint density at radius 3 is 2.39 bits per heavy atom. The van der Waals surface area contributed by atoms with Gasteiger partial charge < -0.3 is 9.84 Å².